The number of hydrogen-bond donors (Lipinski definition) is 2. The highest BCUT2D eigenvalue weighted by atomic mass is 16.5. The van der Waals surface area contributed by atoms with Crippen LogP contribution in [0.1, 0.15) is 6.92 Å². The molecular formula is C10H14N2O2. The molecule has 0 aliphatic heterocycles. The van der Waals surface area contributed by atoms with Crippen molar-refractivity contribution in [3.63, 3.8) is 0 Å². The number of carbonyl (C=O) groups excluding carboxylic acids is 1. The second kappa shape index (κ2) is 4.50. The number of rotatable bonds is 4. The van der Waals surface area contributed by atoms with Gasteiger partial charge in [-0.1, -0.05) is 0 Å². The minimum atomic E-state index is 0.0828. The second-order valence-corrected chi connectivity index (χ2v) is 3.01. The minimum absolute atomic E-state index is 0.0828. The first-order valence-corrected chi connectivity index (χ1v) is 4.30. The maximum Gasteiger partial charge on any atom is 0.148 e. The molecule has 0 saturated carbocycles. The van der Waals surface area contributed by atoms with Crippen LogP contribution >= 0.6 is 0 Å². The molecule has 0 heterocycles. The number of benzene rings is 1. The van der Waals surface area contributed by atoms with Gasteiger partial charge >= 0.3 is 0 Å². The molecule has 1 aromatic carbocycles. The van der Waals surface area contributed by atoms with E-state index in [0.717, 1.165) is 5.69 Å². The number of Topliss-reactive ketones (excluding diaryl/α,β-unsaturated/α-hetero) is 1. The Morgan fingerprint density at radius 1 is 1.57 bits per heavy atom. The minimum Gasteiger partial charge on any atom is -0.495 e. The van der Waals surface area contributed by atoms with Gasteiger partial charge in [0.25, 0.3) is 0 Å². The Morgan fingerprint density at radius 3 is 2.79 bits per heavy atom. The molecule has 0 unspecified atom stereocenters. The molecule has 4 heteroatoms. The van der Waals surface area contributed by atoms with E-state index in [1.807, 2.05) is 6.07 Å². The molecule has 0 radical (unpaired) electrons. The van der Waals surface area contributed by atoms with Crippen LogP contribution in [0.2, 0.25) is 0 Å². The molecule has 0 saturated heterocycles. The first-order valence-electron chi connectivity index (χ1n) is 4.30. The smallest absolute Gasteiger partial charge is 0.148 e. The standard InChI is InChI=1S/C10H14N2O2/c1-7(13)6-12-8-3-4-10(14-2)9(11)5-8/h3-5,12H,6,11H2,1-2H3. The number of carbonyl (C=O) groups is 1. The van der Waals surface area contributed by atoms with Crippen LogP contribution in [0, 0.1) is 0 Å². The molecule has 0 aliphatic carbocycles. The van der Waals surface area contributed by atoms with Crippen molar-refractivity contribution in [2.45, 2.75) is 6.92 Å². The van der Waals surface area contributed by atoms with Crippen LogP contribution < -0.4 is 15.8 Å². The van der Waals surface area contributed by atoms with Crippen molar-refractivity contribution in [2.75, 3.05) is 24.7 Å². The van der Waals surface area contributed by atoms with Gasteiger partial charge in [0.2, 0.25) is 0 Å². The third kappa shape index (κ3) is 2.65. The third-order valence-corrected chi connectivity index (χ3v) is 1.77. The summed E-state index contributed by atoms with van der Waals surface area (Å²) in [6.45, 7) is 1.84. The highest BCUT2D eigenvalue weighted by Crippen LogP contribution is 2.24. The summed E-state index contributed by atoms with van der Waals surface area (Å²) < 4.78 is 5.01. The molecule has 0 atom stereocenters. The topological polar surface area (TPSA) is 64.3 Å². The van der Waals surface area contributed by atoms with Gasteiger partial charge in [-0.2, -0.15) is 0 Å². The Kier molecular flexibility index (Phi) is 3.34. The molecule has 0 aliphatic rings. The number of ether oxygens (including phenoxy) is 1. The van der Waals surface area contributed by atoms with Crippen LogP contribution in [0.15, 0.2) is 18.2 Å². The Hall–Kier alpha value is -1.71. The van der Waals surface area contributed by atoms with Crippen LogP contribution in [0.5, 0.6) is 5.75 Å². The van der Waals surface area contributed by atoms with Gasteiger partial charge in [-0.05, 0) is 25.1 Å². The molecule has 4 nitrogen and oxygen atoms in total. The van der Waals surface area contributed by atoms with E-state index in [1.54, 1.807) is 19.2 Å². The van der Waals surface area contributed by atoms with Gasteiger partial charge in [-0.25, -0.2) is 0 Å². The summed E-state index contributed by atoms with van der Waals surface area (Å²) in [5.41, 5.74) is 7.06. The number of nitrogens with one attached hydrogen (secondary N) is 1. The zero-order valence-electron chi connectivity index (χ0n) is 8.33. The molecule has 1 aromatic rings. The van der Waals surface area contributed by atoms with E-state index in [2.05, 4.69) is 5.32 Å². The Morgan fingerprint density at radius 2 is 2.29 bits per heavy atom. The average molecular weight is 194 g/mol. The summed E-state index contributed by atoms with van der Waals surface area (Å²) in [6, 6.07) is 5.32. The molecule has 0 spiro atoms. The van der Waals surface area contributed by atoms with Gasteiger partial charge < -0.3 is 15.8 Å². The van der Waals surface area contributed by atoms with Crippen molar-refractivity contribution >= 4 is 17.2 Å². The highest BCUT2D eigenvalue weighted by Gasteiger charge is 2.00. The van der Waals surface area contributed by atoms with Crippen LogP contribution in [0.3, 0.4) is 0 Å². The van der Waals surface area contributed by atoms with E-state index in [1.165, 1.54) is 6.92 Å². The zero-order chi connectivity index (χ0) is 10.6. The fourth-order valence-electron chi connectivity index (χ4n) is 1.07. The summed E-state index contributed by atoms with van der Waals surface area (Å²) in [6.07, 6.45) is 0. The number of hydrogen-bond acceptors (Lipinski definition) is 4. The summed E-state index contributed by atoms with van der Waals surface area (Å²) in [7, 11) is 1.56. The van der Waals surface area contributed by atoms with E-state index < -0.39 is 0 Å². The molecule has 0 bridgehead atoms. The van der Waals surface area contributed by atoms with E-state index in [4.69, 9.17) is 10.5 Å². The van der Waals surface area contributed by atoms with Crippen LogP contribution in [0.25, 0.3) is 0 Å². The maximum atomic E-state index is 10.7. The molecule has 0 fully saturated rings. The predicted molar refractivity (Wildman–Crippen MR) is 56.6 cm³/mol. The summed E-state index contributed by atoms with van der Waals surface area (Å²) in [5, 5.41) is 2.95. The molecule has 76 valence electrons. The molecule has 1 rings (SSSR count). The molecular weight excluding hydrogens is 180 g/mol. The number of anilines is 2. The first kappa shape index (κ1) is 10.4. The van der Waals surface area contributed by atoms with Crippen LogP contribution in [-0.4, -0.2) is 19.4 Å². The highest BCUT2D eigenvalue weighted by molar-refractivity contribution is 5.80. The fraction of sp³-hybridized carbons (Fsp3) is 0.300. The Balaban J connectivity index is 2.71. The number of ketones is 1. The lowest BCUT2D eigenvalue weighted by atomic mass is 10.2. The van der Waals surface area contributed by atoms with Crippen molar-refractivity contribution < 1.29 is 9.53 Å². The van der Waals surface area contributed by atoms with Crippen LogP contribution in [-0.2, 0) is 4.79 Å². The van der Waals surface area contributed by atoms with Gasteiger partial charge in [0.15, 0.2) is 0 Å². The Bertz CT molecular complexity index is 337. The number of nitrogens with two attached hydrogens (primary N) is 1. The van der Waals surface area contributed by atoms with Crippen molar-refractivity contribution in [1.82, 2.24) is 0 Å². The van der Waals surface area contributed by atoms with Crippen molar-refractivity contribution in [2.24, 2.45) is 0 Å². The van der Waals surface area contributed by atoms with Crippen molar-refractivity contribution in [3.8, 4) is 5.75 Å². The SMILES string of the molecule is COc1ccc(NCC(C)=O)cc1N. The van der Waals surface area contributed by atoms with E-state index in [0.29, 0.717) is 18.0 Å². The second-order valence-electron chi connectivity index (χ2n) is 3.01. The summed E-state index contributed by atoms with van der Waals surface area (Å²) in [4.78, 5) is 10.7. The van der Waals surface area contributed by atoms with Gasteiger partial charge in [0, 0.05) is 5.69 Å². The van der Waals surface area contributed by atoms with Gasteiger partial charge in [0.1, 0.15) is 11.5 Å². The molecule has 3 N–H and O–H groups in total. The lowest BCUT2D eigenvalue weighted by Crippen LogP contribution is -2.09. The van der Waals surface area contributed by atoms with Crippen molar-refractivity contribution in [1.29, 1.82) is 0 Å². The normalized spacial score (nSPS) is 9.57. The first-order chi connectivity index (χ1) is 6.63. The maximum absolute atomic E-state index is 10.7. The molecule has 0 amide bonds. The summed E-state index contributed by atoms with van der Waals surface area (Å²) in [5.74, 6) is 0.720. The van der Waals surface area contributed by atoms with E-state index in [9.17, 15) is 4.79 Å². The number of methoxy groups -OCH3 is 1. The fourth-order valence-corrected chi connectivity index (χ4v) is 1.07. The van der Waals surface area contributed by atoms with Gasteiger partial charge in [-0.15, -0.1) is 0 Å². The average Bonchev–Trinajstić information content (AvgIpc) is 2.15. The van der Waals surface area contributed by atoms with Gasteiger partial charge in [0.05, 0.1) is 19.3 Å². The van der Waals surface area contributed by atoms with Crippen LogP contribution in [0.4, 0.5) is 11.4 Å². The lowest BCUT2D eigenvalue weighted by molar-refractivity contribution is -0.115. The Labute approximate surface area is 83.1 Å². The predicted octanol–water partition coefficient (Wildman–Crippen LogP) is 1.28. The quantitative estimate of drug-likeness (QED) is 0.709. The lowest BCUT2D eigenvalue weighted by Gasteiger charge is -2.08. The summed E-state index contributed by atoms with van der Waals surface area (Å²) >= 11 is 0. The molecule has 0 aromatic heterocycles. The van der Waals surface area contributed by atoms with E-state index >= 15 is 0 Å². The monoisotopic (exact) mass is 194 g/mol. The van der Waals surface area contributed by atoms with Gasteiger partial charge in [-0.3, -0.25) is 4.79 Å². The van der Waals surface area contributed by atoms with E-state index in [-0.39, 0.29) is 5.78 Å². The number of nitrogen functional groups attached to an aromatic ring is 1. The zero-order valence-corrected chi connectivity index (χ0v) is 8.33. The third-order valence-electron chi connectivity index (χ3n) is 1.77. The van der Waals surface area contributed by atoms with Crippen molar-refractivity contribution in [3.05, 3.63) is 18.2 Å². The molecule has 14 heavy (non-hydrogen) atoms. The largest absolute Gasteiger partial charge is 0.495 e.